The zero-order valence-corrected chi connectivity index (χ0v) is 9.07. The van der Waals surface area contributed by atoms with Crippen LogP contribution < -0.4 is 0 Å². The maximum Gasteiger partial charge on any atom is 0.246 e. The number of nitrogens with zero attached hydrogens (tertiary/aromatic N) is 1. The van der Waals surface area contributed by atoms with E-state index in [2.05, 4.69) is 0 Å². The molecule has 0 N–H and O–H groups in total. The van der Waals surface area contributed by atoms with E-state index in [1.807, 2.05) is 6.92 Å². The number of ketones is 1. The maximum absolute atomic E-state index is 11.5. The number of carbonyl (C=O) groups excluding carboxylic acids is 2. The minimum absolute atomic E-state index is 0.0131. The van der Waals surface area contributed by atoms with Crippen molar-refractivity contribution in [3.8, 4) is 0 Å². The Bertz CT molecular complexity index is 255. The van der Waals surface area contributed by atoms with Gasteiger partial charge in [-0.25, -0.2) is 0 Å². The molecule has 0 aromatic carbocycles. The van der Waals surface area contributed by atoms with Crippen LogP contribution in [0.1, 0.15) is 19.8 Å². The molecule has 4 heteroatoms. The van der Waals surface area contributed by atoms with Gasteiger partial charge in [0.15, 0.2) is 5.78 Å². The molecule has 0 aromatic rings. The predicted molar refractivity (Wildman–Crippen MR) is 56.5 cm³/mol. The fourth-order valence-electron chi connectivity index (χ4n) is 1.38. The predicted octanol–water partition coefficient (Wildman–Crippen LogP) is 0.771. The molecule has 1 aliphatic rings. The second kappa shape index (κ2) is 6.35. The zero-order valence-electron chi connectivity index (χ0n) is 9.07. The topological polar surface area (TPSA) is 46.6 Å². The van der Waals surface area contributed by atoms with E-state index >= 15 is 0 Å². The molecule has 1 fully saturated rings. The zero-order chi connectivity index (χ0) is 11.1. The fraction of sp³-hybridized carbons (Fsp3) is 0.636. The molecule has 0 bridgehead atoms. The Kier molecular flexibility index (Phi) is 5.04. The molecule has 1 rings (SSSR count). The summed E-state index contributed by atoms with van der Waals surface area (Å²) < 4.78 is 5.13. The van der Waals surface area contributed by atoms with Crippen LogP contribution in [-0.2, 0) is 14.3 Å². The first-order chi connectivity index (χ1) is 7.24. The number of amides is 1. The molecule has 1 aliphatic heterocycles. The first-order valence-corrected chi connectivity index (χ1v) is 5.31. The summed E-state index contributed by atoms with van der Waals surface area (Å²) in [6, 6.07) is 0. The van der Waals surface area contributed by atoms with Crippen molar-refractivity contribution in [1.29, 1.82) is 0 Å². The van der Waals surface area contributed by atoms with Gasteiger partial charge in [-0.05, 0) is 12.5 Å². The number of rotatable bonds is 4. The van der Waals surface area contributed by atoms with Gasteiger partial charge in [-0.1, -0.05) is 6.92 Å². The Morgan fingerprint density at radius 2 is 1.93 bits per heavy atom. The lowest BCUT2D eigenvalue weighted by Crippen LogP contribution is -2.39. The Balaban J connectivity index is 2.36. The van der Waals surface area contributed by atoms with E-state index in [1.165, 1.54) is 12.2 Å². The highest BCUT2D eigenvalue weighted by molar-refractivity contribution is 5.97. The SMILES string of the molecule is CCCC(=O)/C=C/C(=O)N1CCOCC1. The van der Waals surface area contributed by atoms with Crippen LogP contribution in [0.2, 0.25) is 0 Å². The van der Waals surface area contributed by atoms with Crippen molar-refractivity contribution in [2.24, 2.45) is 0 Å². The Morgan fingerprint density at radius 1 is 1.27 bits per heavy atom. The average Bonchev–Trinajstić information content (AvgIpc) is 2.27. The Morgan fingerprint density at radius 3 is 2.53 bits per heavy atom. The molecule has 0 aliphatic carbocycles. The van der Waals surface area contributed by atoms with Crippen LogP contribution in [0.5, 0.6) is 0 Å². The first kappa shape index (κ1) is 11.9. The highest BCUT2D eigenvalue weighted by Crippen LogP contribution is 1.99. The van der Waals surface area contributed by atoms with Crippen LogP contribution in [0, 0.1) is 0 Å². The van der Waals surface area contributed by atoms with Gasteiger partial charge >= 0.3 is 0 Å². The molecule has 1 saturated heterocycles. The van der Waals surface area contributed by atoms with Gasteiger partial charge in [-0.15, -0.1) is 0 Å². The Hall–Kier alpha value is -1.16. The molecule has 0 unspecified atom stereocenters. The highest BCUT2D eigenvalue weighted by atomic mass is 16.5. The second-order valence-electron chi connectivity index (χ2n) is 3.49. The molecular formula is C11H17NO3. The second-order valence-corrected chi connectivity index (χ2v) is 3.49. The van der Waals surface area contributed by atoms with E-state index in [0.29, 0.717) is 32.7 Å². The van der Waals surface area contributed by atoms with E-state index in [-0.39, 0.29) is 11.7 Å². The third-order valence-electron chi connectivity index (χ3n) is 2.23. The summed E-state index contributed by atoms with van der Waals surface area (Å²) in [5.74, 6) is -0.0816. The summed E-state index contributed by atoms with van der Waals surface area (Å²) in [7, 11) is 0. The summed E-state index contributed by atoms with van der Waals surface area (Å²) in [5.41, 5.74) is 0. The average molecular weight is 211 g/mol. The lowest BCUT2D eigenvalue weighted by Gasteiger charge is -2.25. The number of ether oxygens (including phenoxy) is 1. The van der Waals surface area contributed by atoms with Gasteiger partial charge in [0.25, 0.3) is 0 Å². The van der Waals surface area contributed by atoms with Crippen LogP contribution in [-0.4, -0.2) is 42.9 Å². The van der Waals surface area contributed by atoms with Gasteiger partial charge in [0.1, 0.15) is 0 Å². The third kappa shape index (κ3) is 4.25. The largest absolute Gasteiger partial charge is 0.378 e. The molecule has 4 nitrogen and oxygen atoms in total. The van der Waals surface area contributed by atoms with E-state index in [1.54, 1.807) is 4.90 Å². The first-order valence-electron chi connectivity index (χ1n) is 5.31. The number of morpholine rings is 1. The minimum Gasteiger partial charge on any atom is -0.378 e. The summed E-state index contributed by atoms with van der Waals surface area (Å²) >= 11 is 0. The van der Waals surface area contributed by atoms with Crippen molar-refractivity contribution in [2.45, 2.75) is 19.8 Å². The van der Waals surface area contributed by atoms with Crippen LogP contribution in [0.4, 0.5) is 0 Å². The van der Waals surface area contributed by atoms with Crippen LogP contribution in [0.25, 0.3) is 0 Å². The van der Waals surface area contributed by atoms with E-state index in [4.69, 9.17) is 4.74 Å². The number of hydrogen-bond donors (Lipinski definition) is 0. The van der Waals surface area contributed by atoms with Crippen molar-refractivity contribution in [3.63, 3.8) is 0 Å². The van der Waals surface area contributed by atoms with E-state index < -0.39 is 0 Å². The van der Waals surface area contributed by atoms with Gasteiger partial charge in [0.05, 0.1) is 13.2 Å². The van der Waals surface area contributed by atoms with Crippen molar-refractivity contribution < 1.29 is 14.3 Å². The minimum atomic E-state index is -0.0947. The molecule has 0 radical (unpaired) electrons. The van der Waals surface area contributed by atoms with Crippen molar-refractivity contribution >= 4 is 11.7 Å². The molecule has 1 heterocycles. The van der Waals surface area contributed by atoms with Gasteiger partial charge < -0.3 is 9.64 Å². The van der Waals surface area contributed by atoms with Crippen molar-refractivity contribution in [3.05, 3.63) is 12.2 Å². The number of hydrogen-bond acceptors (Lipinski definition) is 3. The summed E-state index contributed by atoms with van der Waals surface area (Å²) in [5, 5.41) is 0. The standard InChI is InChI=1S/C11H17NO3/c1-2-3-10(13)4-5-11(14)12-6-8-15-9-7-12/h4-5H,2-3,6-9H2,1H3/b5-4+. The monoisotopic (exact) mass is 211 g/mol. The van der Waals surface area contributed by atoms with Crippen molar-refractivity contribution in [1.82, 2.24) is 4.90 Å². The molecule has 84 valence electrons. The summed E-state index contributed by atoms with van der Waals surface area (Å²) in [6.45, 7) is 4.34. The normalized spacial score (nSPS) is 17.0. The van der Waals surface area contributed by atoms with Crippen LogP contribution >= 0.6 is 0 Å². The molecule has 0 aromatic heterocycles. The van der Waals surface area contributed by atoms with E-state index in [9.17, 15) is 9.59 Å². The smallest absolute Gasteiger partial charge is 0.246 e. The lowest BCUT2D eigenvalue weighted by atomic mass is 10.2. The highest BCUT2D eigenvalue weighted by Gasteiger charge is 2.14. The van der Waals surface area contributed by atoms with Gasteiger partial charge in [-0.3, -0.25) is 9.59 Å². The van der Waals surface area contributed by atoms with Gasteiger partial charge in [-0.2, -0.15) is 0 Å². The van der Waals surface area contributed by atoms with Crippen LogP contribution in [0.3, 0.4) is 0 Å². The fourth-order valence-corrected chi connectivity index (χ4v) is 1.38. The number of carbonyl (C=O) groups is 2. The molecule has 0 atom stereocenters. The van der Waals surface area contributed by atoms with E-state index in [0.717, 1.165) is 6.42 Å². The molecule has 0 spiro atoms. The van der Waals surface area contributed by atoms with Crippen LogP contribution in [0.15, 0.2) is 12.2 Å². The summed E-state index contributed by atoms with van der Waals surface area (Å²) in [4.78, 5) is 24.4. The molecular weight excluding hydrogens is 194 g/mol. The Labute approximate surface area is 89.9 Å². The van der Waals surface area contributed by atoms with Gasteiger partial charge in [0, 0.05) is 25.6 Å². The lowest BCUT2D eigenvalue weighted by molar-refractivity contribution is -0.130. The maximum atomic E-state index is 11.5. The molecule has 1 amide bonds. The summed E-state index contributed by atoms with van der Waals surface area (Å²) in [6.07, 6.45) is 4.06. The van der Waals surface area contributed by atoms with Crippen molar-refractivity contribution in [2.75, 3.05) is 26.3 Å². The molecule has 15 heavy (non-hydrogen) atoms. The third-order valence-corrected chi connectivity index (χ3v) is 2.23. The number of allylic oxidation sites excluding steroid dienone is 1. The van der Waals surface area contributed by atoms with Gasteiger partial charge in [0.2, 0.25) is 5.91 Å². The quantitative estimate of drug-likeness (QED) is 0.645. The molecule has 0 saturated carbocycles.